The van der Waals surface area contributed by atoms with Gasteiger partial charge < -0.3 is 4.90 Å². The van der Waals surface area contributed by atoms with E-state index >= 15 is 0 Å². The molecule has 0 aliphatic carbocycles. The summed E-state index contributed by atoms with van der Waals surface area (Å²) in [6, 6.07) is 11.1. The number of nitro groups is 1. The van der Waals surface area contributed by atoms with Gasteiger partial charge in [-0.05, 0) is 48.4 Å². The van der Waals surface area contributed by atoms with Gasteiger partial charge in [0, 0.05) is 29.7 Å². The lowest BCUT2D eigenvalue weighted by Crippen LogP contribution is -2.27. The fourth-order valence-electron chi connectivity index (χ4n) is 2.87. The van der Waals surface area contributed by atoms with Crippen molar-refractivity contribution >= 4 is 17.3 Å². The number of rotatable bonds is 2. The van der Waals surface area contributed by atoms with Gasteiger partial charge in [-0.2, -0.15) is 0 Å². The second-order valence-electron chi connectivity index (χ2n) is 5.34. The molecule has 4 nitrogen and oxygen atoms in total. The fourth-order valence-corrected chi connectivity index (χ4v) is 2.99. The van der Waals surface area contributed by atoms with Crippen LogP contribution in [0.25, 0.3) is 11.1 Å². The predicted molar refractivity (Wildman–Crippen MR) is 83.6 cm³/mol. The summed E-state index contributed by atoms with van der Waals surface area (Å²) >= 11 is 5.93. The number of halogens is 1. The molecule has 5 heteroatoms. The third kappa shape index (κ3) is 2.64. The highest BCUT2D eigenvalue weighted by Gasteiger charge is 2.25. The second-order valence-corrected chi connectivity index (χ2v) is 5.78. The molecule has 0 saturated carbocycles. The first-order valence-corrected chi connectivity index (χ1v) is 7.17. The van der Waals surface area contributed by atoms with Crippen LogP contribution in [0.15, 0.2) is 36.4 Å². The van der Waals surface area contributed by atoms with E-state index in [1.165, 1.54) is 0 Å². The molecule has 0 N–H and O–H groups in total. The van der Waals surface area contributed by atoms with Crippen molar-refractivity contribution in [1.82, 2.24) is 4.90 Å². The Kier molecular flexibility index (Phi) is 3.66. The van der Waals surface area contributed by atoms with Crippen LogP contribution >= 0.6 is 11.6 Å². The Balaban J connectivity index is 2.17. The average molecular weight is 303 g/mol. The molecule has 21 heavy (non-hydrogen) atoms. The molecule has 0 radical (unpaired) electrons. The molecule has 1 aliphatic rings. The van der Waals surface area contributed by atoms with E-state index in [0.29, 0.717) is 11.6 Å². The monoisotopic (exact) mass is 302 g/mol. The molecule has 0 bridgehead atoms. The molecule has 108 valence electrons. The number of likely N-dealkylation sites (N-methyl/N-ethyl adjacent to an activating group) is 1. The minimum atomic E-state index is -0.288. The van der Waals surface area contributed by atoms with E-state index in [4.69, 9.17) is 11.6 Å². The van der Waals surface area contributed by atoms with Crippen molar-refractivity contribution in [3.63, 3.8) is 0 Å². The zero-order valence-electron chi connectivity index (χ0n) is 11.7. The Hall–Kier alpha value is -1.91. The normalized spacial score (nSPS) is 14.8. The number of hydrogen-bond donors (Lipinski definition) is 0. The first kappa shape index (κ1) is 14.0. The van der Waals surface area contributed by atoms with E-state index in [-0.39, 0.29) is 10.6 Å². The number of fused-ring (bicyclic) bond motifs is 1. The third-order valence-corrected chi connectivity index (χ3v) is 4.18. The Labute approximate surface area is 128 Å². The Morgan fingerprint density at radius 2 is 1.86 bits per heavy atom. The van der Waals surface area contributed by atoms with Crippen molar-refractivity contribution < 1.29 is 4.92 Å². The molecule has 0 fully saturated rings. The van der Waals surface area contributed by atoms with Crippen LogP contribution < -0.4 is 0 Å². The van der Waals surface area contributed by atoms with E-state index in [1.54, 1.807) is 6.07 Å². The summed E-state index contributed by atoms with van der Waals surface area (Å²) in [7, 11) is 1.99. The van der Waals surface area contributed by atoms with Gasteiger partial charge in [-0.1, -0.05) is 23.7 Å². The van der Waals surface area contributed by atoms with Crippen LogP contribution in [0.1, 0.15) is 11.1 Å². The molecular weight excluding hydrogens is 288 g/mol. The van der Waals surface area contributed by atoms with Gasteiger partial charge in [-0.25, -0.2) is 0 Å². The second kappa shape index (κ2) is 5.47. The van der Waals surface area contributed by atoms with E-state index in [0.717, 1.165) is 35.2 Å². The standard InChI is InChI=1S/C16H15ClN2O2/c1-18-9-8-14-13(11-2-4-12(17)5-3-11)6-7-16(19(20)21)15(14)10-18/h2-7H,8-10H2,1H3. The van der Waals surface area contributed by atoms with Crippen molar-refractivity contribution in [2.24, 2.45) is 0 Å². The van der Waals surface area contributed by atoms with Gasteiger partial charge in [0.05, 0.1) is 4.92 Å². The summed E-state index contributed by atoms with van der Waals surface area (Å²) in [4.78, 5) is 13.1. The number of nitro benzene ring substituents is 1. The number of hydrogen-bond acceptors (Lipinski definition) is 3. The lowest BCUT2D eigenvalue weighted by atomic mass is 9.90. The smallest absolute Gasteiger partial charge is 0.274 e. The summed E-state index contributed by atoms with van der Waals surface area (Å²) in [5.41, 5.74) is 4.26. The zero-order valence-corrected chi connectivity index (χ0v) is 12.4. The van der Waals surface area contributed by atoms with Gasteiger partial charge in [-0.3, -0.25) is 10.1 Å². The molecule has 0 amide bonds. The molecule has 0 saturated heterocycles. The van der Waals surface area contributed by atoms with Gasteiger partial charge in [0.2, 0.25) is 0 Å². The van der Waals surface area contributed by atoms with Crippen molar-refractivity contribution in [3.05, 3.63) is 62.7 Å². The SMILES string of the molecule is CN1CCc2c(-c3ccc(Cl)cc3)ccc([N+](=O)[O-])c2C1. The lowest BCUT2D eigenvalue weighted by molar-refractivity contribution is -0.385. The molecule has 1 heterocycles. The van der Waals surface area contributed by atoms with Crippen LogP contribution in [0.4, 0.5) is 5.69 Å². The molecule has 3 rings (SSSR count). The van der Waals surface area contributed by atoms with E-state index in [2.05, 4.69) is 4.90 Å². The van der Waals surface area contributed by atoms with E-state index in [1.807, 2.05) is 37.4 Å². The topological polar surface area (TPSA) is 46.4 Å². The van der Waals surface area contributed by atoms with Gasteiger partial charge in [0.15, 0.2) is 0 Å². The third-order valence-electron chi connectivity index (χ3n) is 3.93. The molecule has 0 spiro atoms. The molecule has 0 atom stereocenters. The largest absolute Gasteiger partial charge is 0.302 e. The average Bonchev–Trinajstić information content (AvgIpc) is 2.46. The number of benzene rings is 2. The molecule has 0 unspecified atom stereocenters. The first-order valence-electron chi connectivity index (χ1n) is 6.80. The summed E-state index contributed by atoms with van der Waals surface area (Å²) in [6.45, 7) is 1.53. The Morgan fingerprint density at radius 1 is 1.14 bits per heavy atom. The minimum absolute atomic E-state index is 0.217. The predicted octanol–water partition coefficient (Wildman–Crippen LogP) is 3.90. The van der Waals surface area contributed by atoms with Crippen LogP contribution in [0.5, 0.6) is 0 Å². The van der Waals surface area contributed by atoms with Crippen LogP contribution in [0, 0.1) is 10.1 Å². The highest BCUT2D eigenvalue weighted by molar-refractivity contribution is 6.30. The maximum absolute atomic E-state index is 11.2. The van der Waals surface area contributed by atoms with E-state index in [9.17, 15) is 10.1 Å². The fraction of sp³-hybridized carbons (Fsp3) is 0.250. The highest BCUT2D eigenvalue weighted by Crippen LogP contribution is 2.35. The van der Waals surface area contributed by atoms with Crippen molar-refractivity contribution in [1.29, 1.82) is 0 Å². The van der Waals surface area contributed by atoms with Crippen molar-refractivity contribution in [2.45, 2.75) is 13.0 Å². The van der Waals surface area contributed by atoms with Gasteiger partial charge >= 0.3 is 0 Å². The van der Waals surface area contributed by atoms with Crippen LogP contribution in [0.3, 0.4) is 0 Å². The first-order chi connectivity index (χ1) is 10.1. The Bertz CT molecular complexity index is 698. The van der Waals surface area contributed by atoms with Crippen LogP contribution in [-0.2, 0) is 13.0 Å². The maximum atomic E-state index is 11.2. The summed E-state index contributed by atoms with van der Waals surface area (Å²) in [5.74, 6) is 0. The minimum Gasteiger partial charge on any atom is -0.302 e. The summed E-state index contributed by atoms with van der Waals surface area (Å²) in [5, 5.41) is 11.9. The quantitative estimate of drug-likeness (QED) is 0.624. The van der Waals surface area contributed by atoms with Gasteiger partial charge in [0.25, 0.3) is 5.69 Å². The molecule has 2 aromatic carbocycles. The zero-order chi connectivity index (χ0) is 15.0. The summed E-state index contributed by atoms with van der Waals surface area (Å²) in [6.07, 6.45) is 0.825. The molecule has 2 aromatic rings. The molecule has 0 aromatic heterocycles. The lowest BCUT2D eigenvalue weighted by Gasteiger charge is -2.26. The van der Waals surface area contributed by atoms with Gasteiger partial charge in [-0.15, -0.1) is 0 Å². The van der Waals surface area contributed by atoms with Crippen molar-refractivity contribution in [3.8, 4) is 11.1 Å². The summed E-state index contributed by atoms with van der Waals surface area (Å²) < 4.78 is 0. The Morgan fingerprint density at radius 3 is 2.52 bits per heavy atom. The van der Waals surface area contributed by atoms with Crippen molar-refractivity contribution in [2.75, 3.05) is 13.6 Å². The van der Waals surface area contributed by atoms with Crippen LogP contribution in [-0.4, -0.2) is 23.4 Å². The maximum Gasteiger partial charge on any atom is 0.274 e. The molecule has 1 aliphatic heterocycles. The van der Waals surface area contributed by atoms with Crippen LogP contribution in [0.2, 0.25) is 5.02 Å². The van der Waals surface area contributed by atoms with Gasteiger partial charge in [0.1, 0.15) is 0 Å². The molecular formula is C16H15ClN2O2. The number of nitrogens with zero attached hydrogens (tertiary/aromatic N) is 2. The van der Waals surface area contributed by atoms with E-state index < -0.39 is 0 Å². The highest BCUT2D eigenvalue weighted by atomic mass is 35.5.